The molecular weight excluding hydrogens is 853 g/mol. The van der Waals surface area contributed by atoms with Crippen molar-refractivity contribution in [3.8, 4) is 22.3 Å². The van der Waals surface area contributed by atoms with E-state index in [9.17, 15) is 0 Å². The van der Waals surface area contributed by atoms with Crippen molar-refractivity contribution in [1.82, 2.24) is 0 Å². The molecule has 70 heavy (non-hydrogen) atoms. The smallest absolute Gasteiger partial charge is 0.137 e. The highest BCUT2D eigenvalue weighted by atomic mass is 16.3. The second-order valence-electron chi connectivity index (χ2n) is 18.0. The van der Waals surface area contributed by atoms with Crippen molar-refractivity contribution in [2.24, 2.45) is 0 Å². The summed E-state index contributed by atoms with van der Waals surface area (Å²) >= 11 is 0. The summed E-state index contributed by atoms with van der Waals surface area (Å²) in [6.07, 6.45) is 0. The zero-order valence-electron chi connectivity index (χ0n) is 38.0. The van der Waals surface area contributed by atoms with Crippen molar-refractivity contribution in [2.45, 2.75) is 0 Å². The number of furan rings is 2. The van der Waals surface area contributed by atoms with E-state index in [0.717, 1.165) is 133 Å². The quantitative estimate of drug-likeness (QED) is 0.152. The van der Waals surface area contributed by atoms with Gasteiger partial charge in [-0.1, -0.05) is 182 Å². The number of hydrogen-bond donors (Lipinski definition) is 0. The van der Waals surface area contributed by atoms with Crippen molar-refractivity contribution in [2.75, 3.05) is 9.80 Å². The lowest BCUT2D eigenvalue weighted by atomic mass is 9.92. The minimum Gasteiger partial charge on any atom is -0.456 e. The van der Waals surface area contributed by atoms with E-state index < -0.39 is 0 Å². The largest absolute Gasteiger partial charge is 0.456 e. The molecule has 14 rings (SSSR count). The Kier molecular flexibility index (Phi) is 9.17. The standard InChI is InChI=1S/C66H42N2O2/c1-3-19-45(20-4-1)53-39-47-40-54(46-21-5-2-6-22-46)60(68(56-32-16-26-44-24-8-10-28-50(44)56)58-34-18-38-64-66(58)52-30-12-14-36-62(52)70-64)42-48(47)41-59(53)67(55-31-15-25-43-23-7-9-27-49(43)55)57-33-17-37-63-65(57)51-29-11-13-35-61(51)69-63/h1-42H. The average molecular weight is 895 g/mol. The molecule has 0 unspecified atom stereocenters. The molecule has 0 spiro atoms. The molecule has 14 aromatic rings. The fourth-order valence-corrected chi connectivity index (χ4v) is 10.9. The van der Waals surface area contributed by atoms with Crippen molar-refractivity contribution >= 4 is 110 Å². The van der Waals surface area contributed by atoms with Crippen molar-refractivity contribution in [1.29, 1.82) is 0 Å². The molecule has 12 aromatic carbocycles. The van der Waals surface area contributed by atoms with E-state index in [1.54, 1.807) is 0 Å². The van der Waals surface area contributed by atoms with Gasteiger partial charge in [-0.25, -0.2) is 0 Å². The van der Waals surface area contributed by atoms with E-state index in [2.05, 4.69) is 252 Å². The molecule has 0 fully saturated rings. The summed E-state index contributed by atoms with van der Waals surface area (Å²) in [5.41, 5.74) is 14.2. The second-order valence-corrected chi connectivity index (χ2v) is 18.0. The molecule has 2 heterocycles. The molecule has 0 aliphatic heterocycles. The van der Waals surface area contributed by atoms with Crippen molar-refractivity contribution in [3.63, 3.8) is 0 Å². The van der Waals surface area contributed by atoms with E-state index >= 15 is 0 Å². The van der Waals surface area contributed by atoms with Gasteiger partial charge < -0.3 is 18.6 Å². The molecule has 0 aliphatic rings. The van der Waals surface area contributed by atoms with Gasteiger partial charge in [-0.3, -0.25) is 0 Å². The van der Waals surface area contributed by atoms with Crippen LogP contribution in [-0.4, -0.2) is 0 Å². The molecule has 0 saturated carbocycles. The van der Waals surface area contributed by atoms with Crippen LogP contribution < -0.4 is 9.80 Å². The van der Waals surface area contributed by atoms with Gasteiger partial charge in [-0.2, -0.15) is 0 Å². The van der Waals surface area contributed by atoms with Gasteiger partial charge in [-0.15, -0.1) is 0 Å². The Labute approximate surface area is 404 Å². The molecule has 0 atom stereocenters. The fraction of sp³-hybridized carbons (Fsp3) is 0. The summed E-state index contributed by atoms with van der Waals surface area (Å²) in [6, 6.07) is 91.6. The molecule has 0 bridgehead atoms. The highest BCUT2D eigenvalue weighted by Gasteiger charge is 2.27. The van der Waals surface area contributed by atoms with Crippen LogP contribution in [0.25, 0.3) is 98.4 Å². The van der Waals surface area contributed by atoms with Crippen LogP contribution in [0.3, 0.4) is 0 Å². The molecule has 0 aliphatic carbocycles. The van der Waals surface area contributed by atoms with Crippen LogP contribution >= 0.6 is 0 Å². The third kappa shape index (κ3) is 6.38. The van der Waals surface area contributed by atoms with Crippen LogP contribution in [0.1, 0.15) is 0 Å². The summed E-state index contributed by atoms with van der Waals surface area (Å²) in [6.45, 7) is 0. The Morgan fingerprint density at radius 3 is 1.04 bits per heavy atom. The second kappa shape index (κ2) is 16.2. The van der Waals surface area contributed by atoms with Gasteiger partial charge >= 0.3 is 0 Å². The van der Waals surface area contributed by atoms with Crippen LogP contribution in [0.2, 0.25) is 0 Å². The third-order valence-corrected chi connectivity index (χ3v) is 14.0. The predicted octanol–water partition coefficient (Wildman–Crippen LogP) is 19.2. The van der Waals surface area contributed by atoms with Gasteiger partial charge in [0.25, 0.3) is 0 Å². The molecule has 0 N–H and O–H groups in total. The monoisotopic (exact) mass is 894 g/mol. The van der Waals surface area contributed by atoms with E-state index in [1.807, 2.05) is 12.1 Å². The highest BCUT2D eigenvalue weighted by Crippen LogP contribution is 2.52. The maximum Gasteiger partial charge on any atom is 0.137 e. The number of nitrogens with zero attached hydrogens (tertiary/aromatic N) is 2. The van der Waals surface area contributed by atoms with Crippen LogP contribution in [0.5, 0.6) is 0 Å². The fourth-order valence-electron chi connectivity index (χ4n) is 10.9. The van der Waals surface area contributed by atoms with Crippen LogP contribution in [0.15, 0.2) is 264 Å². The molecule has 2 aromatic heterocycles. The number of anilines is 6. The minimum absolute atomic E-state index is 0.840. The summed E-state index contributed by atoms with van der Waals surface area (Å²) in [4.78, 5) is 4.94. The summed E-state index contributed by atoms with van der Waals surface area (Å²) in [7, 11) is 0. The Balaban J connectivity index is 1.13. The van der Waals surface area contributed by atoms with Gasteiger partial charge in [-0.05, 0) is 105 Å². The minimum atomic E-state index is 0.840. The normalized spacial score (nSPS) is 11.7. The summed E-state index contributed by atoms with van der Waals surface area (Å²) in [5, 5.41) is 11.1. The third-order valence-electron chi connectivity index (χ3n) is 14.0. The van der Waals surface area contributed by atoms with Crippen LogP contribution in [0, 0.1) is 0 Å². The zero-order chi connectivity index (χ0) is 46.1. The van der Waals surface area contributed by atoms with Crippen molar-refractivity contribution in [3.05, 3.63) is 255 Å². The molecule has 4 heteroatoms. The average Bonchev–Trinajstić information content (AvgIpc) is 4.01. The lowest BCUT2D eigenvalue weighted by molar-refractivity contribution is 0.668. The van der Waals surface area contributed by atoms with Gasteiger partial charge in [0.15, 0.2) is 0 Å². The molecule has 0 amide bonds. The Bertz CT molecular complexity index is 4040. The molecule has 4 nitrogen and oxygen atoms in total. The van der Waals surface area contributed by atoms with Gasteiger partial charge in [0.2, 0.25) is 0 Å². The first kappa shape index (κ1) is 39.8. The van der Waals surface area contributed by atoms with Gasteiger partial charge in [0.1, 0.15) is 22.3 Å². The van der Waals surface area contributed by atoms with E-state index in [0.29, 0.717) is 0 Å². The number of para-hydroxylation sites is 2. The molecule has 328 valence electrons. The Morgan fingerprint density at radius 2 is 0.571 bits per heavy atom. The maximum atomic E-state index is 6.61. The summed E-state index contributed by atoms with van der Waals surface area (Å²) in [5.74, 6) is 0. The maximum absolute atomic E-state index is 6.61. The zero-order valence-corrected chi connectivity index (χ0v) is 38.0. The van der Waals surface area contributed by atoms with Crippen LogP contribution in [-0.2, 0) is 0 Å². The highest BCUT2D eigenvalue weighted by molar-refractivity contribution is 6.18. The number of hydrogen-bond acceptors (Lipinski definition) is 4. The first-order valence-corrected chi connectivity index (χ1v) is 23.8. The number of fused-ring (bicyclic) bond motifs is 9. The Hall–Kier alpha value is -9.38. The van der Waals surface area contributed by atoms with Gasteiger partial charge in [0, 0.05) is 32.7 Å². The van der Waals surface area contributed by atoms with Crippen LogP contribution in [0.4, 0.5) is 34.1 Å². The number of benzene rings is 12. The van der Waals surface area contributed by atoms with Crippen molar-refractivity contribution < 1.29 is 8.83 Å². The number of rotatable bonds is 8. The summed E-state index contributed by atoms with van der Waals surface area (Å²) < 4.78 is 13.2. The molecule has 0 saturated heterocycles. The Morgan fingerprint density at radius 1 is 0.229 bits per heavy atom. The molecular formula is C66H42N2O2. The predicted molar refractivity (Wildman–Crippen MR) is 294 cm³/mol. The van der Waals surface area contributed by atoms with E-state index in [1.165, 1.54) is 0 Å². The van der Waals surface area contributed by atoms with Gasteiger partial charge in [0.05, 0.1) is 44.9 Å². The van der Waals surface area contributed by atoms with E-state index in [4.69, 9.17) is 8.83 Å². The topological polar surface area (TPSA) is 32.8 Å². The molecule has 0 radical (unpaired) electrons. The lowest BCUT2D eigenvalue weighted by Gasteiger charge is -2.32. The first-order valence-electron chi connectivity index (χ1n) is 23.8. The SMILES string of the molecule is c1ccc(-c2cc3cc(-c4ccccc4)c(N(c4cccc5ccccc45)c4cccc5oc6ccccc6c45)cc3cc2N(c2cccc3ccccc23)c2cccc3oc4ccccc4c23)cc1. The van der Waals surface area contributed by atoms with E-state index in [-0.39, 0.29) is 0 Å². The first-order chi connectivity index (χ1) is 34.7. The lowest BCUT2D eigenvalue weighted by Crippen LogP contribution is -2.13.